The van der Waals surface area contributed by atoms with E-state index < -0.39 is 11.9 Å². The Labute approximate surface area is 233 Å². The monoisotopic (exact) mass is 548 g/mol. The summed E-state index contributed by atoms with van der Waals surface area (Å²) in [6, 6.07) is 11.3. The van der Waals surface area contributed by atoms with Gasteiger partial charge >= 0.3 is 6.03 Å². The van der Waals surface area contributed by atoms with Crippen molar-refractivity contribution in [2.45, 2.75) is 50.0 Å². The number of benzene rings is 2. The molecule has 0 unspecified atom stereocenters. The Morgan fingerprint density at radius 2 is 1.88 bits per heavy atom. The van der Waals surface area contributed by atoms with E-state index in [2.05, 4.69) is 16.0 Å². The molecule has 0 radical (unpaired) electrons. The molecule has 0 bridgehead atoms. The molecule has 212 valence electrons. The lowest BCUT2D eigenvalue weighted by Gasteiger charge is -2.51. The Kier molecular flexibility index (Phi) is 6.94. The average molecular weight is 549 g/mol. The lowest BCUT2D eigenvalue weighted by molar-refractivity contribution is -0.141. The topological polar surface area (TPSA) is 87.0 Å². The molecule has 40 heavy (non-hydrogen) atoms. The van der Waals surface area contributed by atoms with E-state index in [9.17, 15) is 19.1 Å². The van der Waals surface area contributed by atoms with Crippen molar-refractivity contribution in [1.82, 2.24) is 14.4 Å². The summed E-state index contributed by atoms with van der Waals surface area (Å²) in [4.78, 5) is 30.7. The van der Waals surface area contributed by atoms with E-state index in [0.717, 1.165) is 48.0 Å². The maximum absolute atomic E-state index is 13.9. The first-order chi connectivity index (χ1) is 19.3. The van der Waals surface area contributed by atoms with Gasteiger partial charge in [-0.25, -0.2) is 9.18 Å². The highest BCUT2D eigenvalue weighted by molar-refractivity contribution is 5.91. The molecule has 2 aromatic carbocycles. The summed E-state index contributed by atoms with van der Waals surface area (Å²) < 4.78 is 21.3. The highest BCUT2D eigenvalue weighted by atomic mass is 19.1. The molecule has 1 spiro atoms. The number of carbonyl (C=O) groups excluding carboxylic acids is 2. The zero-order valence-corrected chi connectivity index (χ0v) is 23.2. The predicted molar refractivity (Wildman–Crippen MR) is 151 cm³/mol. The number of nitrogens with zero attached hydrogens (tertiary/aromatic N) is 3. The summed E-state index contributed by atoms with van der Waals surface area (Å²) in [7, 11) is 3.65. The quantitative estimate of drug-likeness (QED) is 0.483. The maximum Gasteiger partial charge on any atom is 0.321 e. The van der Waals surface area contributed by atoms with Gasteiger partial charge in [0.05, 0.1) is 25.3 Å². The first-order valence-corrected chi connectivity index (χ1v) is 14.2. The van der Waals surface area contributed by atoms with Crippen molar-refractivity contribution in [3.8, 4) is 5.75 Å². The number of aromatic nitrogens is 1. The molecule has 3 aromatic rings. The number of rotatable bonds is 4. The number of carbonyl (C=O) groups is 2. The minimum Gasteiger partial charge on any atom is -0.497 e. The Balaban J connectivity index is 1.37. The van der Waals surface area contributed by atoms with Crippen LogP contribution in [-0.2, 0) is 17.3 Å². The second kappa shape index (κ2) is 10.4. The van der Waals surface area contributed by atoms with E-state index in [-0.39, 0.29) is 29.9 Å². The van der Waals surface area contributed by atoms with Gasteiger partial charge in [-0.1, -0.05) is 18.9 Å². The number of ether oxygens (including phenoxy) is 1. The summed E-state index contributed by atoms with van der Waals surface area (Å²) in [6.45, 7) is 1.38. The number of nitrogens with one attached hydrogen (secondary N) is 1. The molecule has 8 nitrogen and oxygen atoms in total. The van der Waals surface area contributed by atoms with Crippen molar-refractivity contribution in [3.05, 3.63) is 59.5 Å². The number of piperidine rings is 1. The molecular weight excluding hydrogens is 511 g/mol. The van der Waals surface area contributed by atoms with E-state index in [1.54, 1.807) is 24.1 Å². The van der Waals surface area contributed by atoms with Crippen LogP contribution >= 0.6 is 0 Å². The van der Waals surface area contributed by atoms with Crippen LogP contribution in [0.5, 0.6) is 5.75 Å². The standard InChI is InChI=1S/C31H37FN4O4/c1-34-25-17-23(40-2)10-11-24(25)27-28(34)26(18-37)36(29(38)20-6-3-4-7-20)19-31(27)12-14-35(15-13-31)30(39)33-22-9-5-8-21(32)16-22/h5,8-11,16-17,20,26,37H,3-4,6-7,12-15,18-19H2,1-2H3,(H,33,39)/t26-/m0/s1. The van der Waals surface area contributed by atoms with Crippen LogP contribution in [0.1, 0.15) is 55.8 Å². The summed E-state index contributed by atoms with van der Waals surface area (Å²) in [6.07, 6.45) is 5.27. The van der Waals surface area contributed by atoms with Gasteiger partial charge in [-0.3, -0.25) is 4.79 Å². The molecule has 1 aliphatic carbocycles. The van der Waals surface area contributed by atoms with Crippen molar-refractivity contribution in [2.75, 3.05) is 38.7 Å². The van der Waals surface area contributed by atoms with E-state index in [0.29, 0.717) is 38.2 Å². The number of hydrogen-bond donors (Lipinski definition) is 2. The number of methoxy groups -OCH3 is 1. The minimum atomic E-state index is -0.425. The Morgan fingerprint density at radius 1 is 1.12 bits per heavy atom. The van der Waals surface area contributed by atoms with Gasteiger partial charge < -0.3 is 29.5 Å². The first kappa shape index (κ1) is 26.6. The van der Waals surface area contributed by atoms with Crippen LogP contribution in [0.2, 0.25) is 0 Å². The van der Waals surface area contributed by atoms with E-state index in [4.69, 9.17) is 4.74 Å². The molecule has 6 rings (SSSR count). The smallest absolute Gasteiger partial charge is 0.321 e. The minimum absolute atomic E-state index is 0.000404. The maximum atomic E-state index is 13.9. The summed E-state index contributed by atoms with van der Waals surface area (Å²) >= 11 is 0. The third-order valence-electron chi connectivity index (χ3n) is 9.39. The van der Waals surface area contributed by atoms with Crippen molar-refractivity contribution >= 4 is 28.5 Å². The lowest BCUT2D eigenvalue weighted by atomic mass is 9.68. The number of aliphatic hydroxyl groups excluding tert-OH is 1. The number of likely N-dealkylation sites (tertiary alicyclic amines) is 1. The van der Waals surface area contributed by atoms with Gasteiger partial charge in [-0.15, -0.1) is 0 Å². The van der Waals surface area contributed by atoms with Crippen LogP contribution in [0.3, 0.4) is 0 Å². The molecule has 1 atom stereocenters. The highest BCUT2D eigenvalue weighted by Gasteiger charge is 2.50. The number of amides is 3. The molecule has 9 heteroatoms. The summed E-state index contributed by atoms with van der Waals surface area (Å²) in [5, 5.41) is 14.6. The number of hydrogen-bond acceptors (Lipinski definition) is 4. The molecule has 1 aromatic heterocycles. The van der Waals surface area contributed by atoms with Gasteiger partial charge in [0, 0.05) is 60.8 Å². The van der Waals surface area contributed by atoms with E-state index in [1.165, 1.54) is 17.7 Å². The molecule has 1 saturated heterocycles. The Morgan fingerprint density at radius 3 is 2.55 bits per heavy atom. The summed E-state index contributed by atoms with van der Waals surface area (Å²) in [5.74, 6) is 0.487. The number of aliphatic hydroxyl groups is 1. The van der Waals surface area contributed by atoms with Crippen molar-refractivity contribution in [1.29, 1.82) is 0 Å². The molecule has 3 amide bonds. The molecule has 2 fully saturated rings. The second-order valence-electron chi connectivity index (χ2n) is 11.6. The SMILES string of the molecule is COc1ccc2c3c(n(C)c2c1)[C@H](CO)N(C(=O)C1CCCC1)CC31CCN(C(=O)Nc2cccc(F)c2)CC1. The predicted octanol–water partition coefficient (Wildman–Crippen LogP) is 4.96. The fourth-order valence-corrected chi connectivity index (χ4v) is 7.31. The van der Waals surface area contributed by atoms with Gasteiger partial charge in [-0.2, -0.15) is 0 Å². The number of fused-ring (bicyclic) bond motifs is 4. The zero-order valence-electron chi connectivity index (χ0n) is 23.2. The molecule has 2 N–H and O–H groups in total. The van der Waals surface area contributed by atoms with Crippen molar-refractivity contribution in [2.24, 2.45) is 13.0 Å². The average Bonchev–Trinajstić information content (AvgIpc) is 3.60. The van der Waals surface area contributed by atoms with E-state index in [1.807, 2.05) is 24.1 Å². The van der Waals surface area contributed by atoms with Crippen LogP contribution in [0.25, 0.3) is 10.9 Å². The Hall–Kier alpha value is -3.59. The third kappa shape index (κ3) is 4.40. The third-order valence-corrected chi connectivity index (χ3v) is 9.39. The first-order valence-electron chi connectivity index (χ1n) is 14.2. The number of urea groups is 1. The second-order valence-corrected chi connectivity index (χ2v) is 11.6. The number of aryl methyl sites for hydroxylation is 1. The molecule has 3 heterocycles. The summed E-state index contributed by atoms with van der Waals surface area (Å²) in [5.41, 5.74) is 3.21. The number of anilines is 1. The highest BCUT2D eigenvalue weighted by Crippen LogP contribution is 2.50. The molecule has 1 saturated carbocycles. The molecule has 2 aliphatic heterocycles. The fraction of sp³-hybridized carbons (Fsp3) is 0.484. The van der Waals surface area contributed by atoms with Gasteiger partial charge in [0.2, 0.25) is 5.91 Å². The van der Waals surface area contributed by atoms with Gasteiger partial charge in [-0.05, 0) is 61.6 Å². The molecule has 3 aliphatic rings. The van der Waals surface area contributed by atoms with Crippen molar-refractivity contribution < 1.29 is 23.8 Å². The Bertz CT molecular complexity index is 1440. The van der Waals surface area contributed by atoms with Crippen LogP contribution in [0.4, 0.5) is 14.9 Å². The largest absolute Gasteiger partial charge is 0.497 e. The lowest BCUT2D eigenvalue weighted by Crippen LogP contribution is -2.57. The van der Waals surface area contributed by atoms with Gasteiger partial charge in [0.1, 0.15) is 11.6 Å². The van der Waals surface area contributed by atoms with Crippen LogP contribution in [-0.4, -0.2) is 64.8 Å². The van der Waals surface area contributed by atoms with Gasteiger partial charge in [0.15, 0.2) is 0 Å². The van der Waals surface area contributed by atoms with Crippen LogP contribution in [0.15, 0.2) is 42.5 Å². The van der Waals surface area contributed by atoms with Crippen molar-refractivity contribution in [3.63, 3.8) is 0 Å². The van der Waals surface area contributed by atoms with Gasteiger partial charge in [0.25, 0.3) is 0 Å². The normalized spacial score (nSPS) is 20.6. The van der Waals surface area contributed by atoms with Crippen LogP contribution in [0, 0.1) is 11.7 Å². The number of halogens is 1. The zero-order chi connectivity index (χ0) is 28.0. The van der Waals surface area contributed by atoms with Crippen LogP contribution < -0.4 is 10.1 Å². The fourth-order valence-electron chi connectivity index (χ4n) is 7.31. The molecular formula is C31H37FN4O4. The van der Waals surface area contributed by atoms with E-state index >= 15 is 0 Å².